The Morgan fingerprint density at radius 3 is 2.40 bits per heavy atom. The molecule has 0 aliphatic carbocycles. The van der Waals surface area contributed by atoms with Crippen LogP contribution in [0.25, 0.3) is 0 Å². The van der Waals surface area contributed by atoms with E-state index in [1.165, 1.54) is 0 Å². The van der Waals surface area contributed by atoms with E-state index >= 15 is 0 Å². The van der Waals surface area contributed by atoms with Gasteiger partial charge in [-0.3, -0.25) is 0 Å². The third kappa shape index (κ3) is 1.96. The van der Waals surface area contributed by atoms with E-state index in [9.17, 15) is 0 Å². The summed E-state index contributed by atoms with van der Waals surface area (Å²) in [6.45, 7) is 9.84. The summed E-state index contributed by atoms with van der Waals surface area (Å²) in [6.07, 6.45) is 0. The fourth-order valence-corrected chi connectivity index (χ4v) is 1.18. The fraction of sp³-hybridized carbons (Fsp3) is 1.00. The Hall–Kier alpha value is -0.0800. The van der Waals surface area contributed by atoms with Crippen molar-refractivity contribution in [2.24, 2.45) is 5.41 Å². The summed E-state index contributed by atoms with van der Waals surface area (Å²) in [7, 11) is 0. The molecule has 59 valence electrons. The van der Waals surface area contributed by atoms with Crippen LogP contribution in [0.15, 0.2) is 0 Å². The van der Waals surface area contributed by atoms with Crippen molar-refractivity contribution in [1.29, 1.82) is 0 Å². The van der Waals surface area contributed by atoms with E-state index in [2.05, 4.69) is 31.4 Å². The Morgan fingerprint density at radius 2 is 2.10 bits per heavy atom. The molecular weight excluding hydrogens is 124 g/mol. The van der Waals surface area contributed by atoms with E-state index in [4.69, 9.17) is 0 Å². The molecule has 0 aromatic rings. The van der Waals surface area contributed by atoms with Crippen LogP contribution in [0.3, 0.4) is 0 Å². The molecule has 0 saturated carbocycles. The average molecular weight is 141 g/mol. The van der Waals surface area contributed by atoms with Crippen molar-refractivity contribution < 1.29 is 0 Å². The lowest BCUT2D eigenvalue weighted by Crippen LogP contribution is -2.50. The molecule has 0 amide bonds. The Kier molecular flexibility index (Phi) is 2.32. The van der Waals surface area contributed by atoms with Gasteiger partial charge in [-0.05, 0) is 5.41 Å². The zero-order valence-corrected chi connectivity index (χ0v) is 7.15. The Morgan fingerprint density at radius 1 is 1.40 bits per heavy atom. The smallest absolute Gasteiger partial charge is 0.0419 e. The average Bonchev–Trinajstić information content (AvgIpc) is 1.88. The molecule has 0 spiro atoms. The second-order valence-corrected chi connectivity index (χ2v) is 3.99. The van der Waals surface area contributed by atoms with Gasteiger partial charge in [-0.25, -0.2) is 5.32 Å². The number of hydrogen-bond donors (Lipinski definition) is 1. The van der Waals surface area contributed by atoms with Crippen LogP contribution in [0.4, 0.5) is 0 Å². The van der Waals surface area contributed by atoms with Gasteiger partial charge < -0.3 is 5.32 Å². The molecule has 0 aromatic carbocycles. The molecule has 1 N–H and O–H groups in total. The van der Waals surface area contributed by atoms with Gasteiger partial charge in [-0.2, -0.15) is 0 Å². The van der Waals surface area contributed by atoms with Gasteiger partial charge in [-0.1, -0.05) is 20.8 Å². The van der Waals surface area contributed by atoms with Gasteiger partial charge in [0.2, 0.25) is 0 Å². The minimum absolute atomic E-state index is 0.341. The number of rotatable bonds is 0. The number of nitrogens with zero attached hydrogens (tertiary/aromatic N) is 1. The maximum atomic E-state index is 4.54. The zero-order valence-electron chi connectivity index (χ0n) is 7.15. The molecule has 2 heteroatoms. The van der Waals surface area contributed by atoms with E-state index < -0.39 is 0 Å². The second kappa shape index (κ2) is 2.89. The van der Waals surface area contributed by atoms with Crippen molar-refractivity contribution in [3.05, 3.63) is 0 Å². The predicted molar refractivity (Wildman–Crippen MR) is 43.1 cm³/mol. The lowest BCUT2D eigenvalue weighted by molar-refractivity contribution is 0.234. The maximum Gasteiger partial charge on any atom is 0.0419 e. The molecule has 1 aliphatic heterocycles. The maximum absolute atomic E-state index is 4.54. The number of piperazine rings is 1. The van der Waals surface area contributed by atoms with Gasteiger partial charge in [0.05, 0.1) is 0 Å². The first-order valence-corrected chi connectivity index (χ1v) is 3.98. The lowest BCUT2D eigenvalue weighted by atomic mass is 9.86. The SMILES string of the molecule is CC(C)(C)C1CNCC[N]1. The number of hydrogen-bond acceptors (Lipinski definition) is 1. The lowest BCUT2D eigenvalue weighted by Gasteiger charge is -2.33. The third-order valence-electron chi connectivity index (χ3n) is 1.98. The molecule has 1 aliphatic rings. The highest BCUT2D eigenvalue weighted by atomic mass is 15.1. The van der Waals surface area contributed by atoms with Gasteiger partial charge in [0.15, 0.2) is 0 Å². The molecule has 1 radical (unpaired) electrons. The van der Waals surface area contributed by atoms with E-state index in [0.717, 1.165) is 19.6 Å². The third-order valence-corrected chi connectivity index (χ3v) is 1.98. The summed E-state index contributed by atoms with van der Waals surface area (Å²) in [5.74, 6) is 0. The first-order valence-electron chi connectivity index (χ1n) is 3.98. The Bertz CT molecular complexity index is 98.3. The van der Waals surface area contributed by atoms with Crippen LogP contribution in [-0.4, -0.2) is 25.7 Å². The monoisotopic (exact) mass is 141 g/mol. The van der Waals surface area contributed by atoms with Crippen molar-refractivity contribution in [2.75, 3.05) is 19.6 Å². The zero-order chi connectivity index (χ0) is 7.61. The van der Waals surface area contributed by atoms with Crippen LogP contribution in [-0.2, 0) is 0 Å². The first-order chi connectivity index (χ1) is 4.61. The molecule has 2 nitrogen and oxygen atoms in total. The summed E-state index contributed by atoms with van der Waals surface area (Å²) in [6, 6.07) is 0.515. The van der Waals surface area contributed by atoms with E-state index in [1.807, 2.05) is 0 Å². The van der Waals surface area contributed by atoms with Gasteiger partial charge in [0.25, 0.3) is 0 Å². The first kappa shape index (κ1) is 8.02. The van der Waals surface area contributed by atoms with Crippen molar-refractivity contribution in [1.82, 2.24) is 10.6 Å². The standard InChI is InChI=1S/C8H17N2/c1-8(2,3)7-6-9-4-5-10-7/h7,9H,4-6H2,1-3H3. The molecule has 0 aromatic heterocycles. The predicted octanol–water partition coefficient (Wildman–Crippen LogP) is 0.609. The second-order valence-electron chi connectivity index (χ2n) is 3.99. The van der Waals surface area contributed by atoms with Gasteiger partial charge in [0, 0.05) is 25.7 Å². The molecular formula is C8H17N2. The summed E-state index contributed by atoms with van der Waals surface area (Å²) in [5, 5.41) is 7.89. The Balaban J connectivity index is 2.39. The summed E-state index contributed by atoms with van der Waals surface area (Å²) in [4.78, 5) is 0. The minimum atomic E-state index is 0.341. The summed E-state index contributed by atoms with van der Waals surface area (Å²) >= 11 is 0. The highest BCUT2D eigenvalue weighted by molar-refractivity contribution is 4.84. The quantitative estimate of drug-likeness (QED) is 0.525. The summed E-state index contributed by atoms with van der Waals surface area (Å²) < 4.78 is 0. The molecule has 1 unspecified atom stereocenters. The number of nitrogens with one attached hydrogen (secondary N) is 1. The largest absolute Gasteiger partial charge is 0.314 e. The van der Waals surface area contributed by atoms with Crippen LogP contribution in [0.5, 0.6) is 0 Å². The van der Waals surface area contributed by atoms with E-state index in [1.54, 1.807) is 0 Å². The van der Waals surface area contributed by atoms with E-state index in [-0.39, 0.29) is 0 Å². The molecule has 10 heavy (non-hydrogen) atoms. The van der Waals surface area contributed by atoms with Gasteiger partial charge >= 0.3 is 0 Å². The Labute approximate surface area is 63.4 Å². The molecule has 1 saturated heterocycles. The van der Waals surface area contributed by atoms with Crippen molar-refractivity contribution in [3.63, 3.8) is 0 Å². The van der Waals surface area contributed by atoms with Crippen LogP contribution in [0, 0.1) is 5.41 Å². The van der Waals surface area contributed by atoms with Crippen molar-refractivity contribution in [3.8, 4) is 0 Å². The normalized spacial score (nSPS) is 28.5. The molecule has 1 heterocycles. The van der Waals surface area contributed by atoms with Crippen LogP contribution >= 0.6 is 0 Å². The van der Waals surface area contributed by atoms with Crippen LogP contribution in [0.1, 0.15) is 20.8 Å². The van der Waals surface area contributed by atoms with Crippen LogP contribution < -0.4 is 10.6 Å². The highest BCUT2D eigenvalue weighted by Crippen LogP contribution is 2.20. The summed E-state index contributed by atoms with van der Waals surface area (Å²) in [5.41, 5.74) is 0.341. The van der Waals surface area contributed by atoms with Crippen molar-refractivity contribution in [2.45, 2.75) is 26.8 Å². The van der Waals surface area contributed by atoms with Gasteiger partial charge in [0.1, 0.15) is 0 Å². The fourth-order valence-electron chi connectivity index (χ4n) is 1.18. The van der Waals surface area contributed by atoms with Crippen LogP contribution in [0.2, 0.25) is 0 Å². The van der Waals surface area contributed by atoms with E-state index in [0.29, 0.717) is 11.5 Å². The molecule has 1 rings (SSSR count). The highest BCUT2D eigenvalue weighted by Gasteiger charge is 2.26. The molecule has 0 bridgehead atoms. The minimum Gasteiger partial charge on any atom is -0.314 e. The molecule has 1 atom stereocenters. The topological polar surface area (TPSA) is 26.1 Å². The van der Waals surface area contributed by atoms with Crippen molar-refractivity contribution >= 4 is 0 Å². The molecule has 1 fully saturated rings. The van der Waals surface area contributed by atoms with Gasteiger partial charge in [-0.15, -0.1) is 0 Å².